The van der Waals surface area contributed by atoms with Crippen molar-refractivity contribution in [2.75, 3.05) is 26.4 Å². The average molecular weight is 1460 g/mol. The van der Waals surface area contributed by atoms with Gasteiger partial charge in [-0.3, -0.25) is 4.79 Å². The highest BCUT2D eigenvalue weighted by Gasteiger charge is 2.79. The summed E-state index contributed by atoms with van der Waals surface area (Å²) in [5.41, 5.74) is -10.2. The number of hydrogen-bond donors (Lipinski definition) is 24. The van der Waals surface area contributed by atoms with Gasteiger partial charge in [-0.05, 0) is 123 Å². The van der Waals surface area contributed by atoms with Gasteiger partial charge in [-0.2, -0.15) is 0 Å². The van der Waals surface area contributed by atoms with Crippen LogP contribution >= 0.6 is 0 Å². The van der Waals surface area contributed by atoms with E-state index in [9.17, 15) is 123 Å². The lowest BCUT2D eigenvalue weighted by Crippen LogP contribution is -2.85. The lowest BCUT2D eigenvalue weighted by atomic mass is 9.33. The highest BCUT2D eigenvalue weighted by atomic mass is 16.9. The van der Waals surface area contributed by atoms with Crippen LogP contribution in [-0.4, -0.2) is 343 Å². The summed E-state index contributed by atoms with van der Waals surface area (Å²) in [6.45, 7) is 12.1. The molecule has 0 aromatic carbocycles. The Morgan fingerprint density at radius 2 is 1.07 bits per heavy atom. The van der Waals surface area contributed by atoms with E-state index in [1.807, 2.05) is 27.7 Å². The summed E-state index contributed by atoms with van der Waals surface area (Å²) in [4.78, 5) is 16.1. The lowest BCUT2D eigenvalue weighted by molar-refractivity contribution is -0.504. The van der Waals surface area contributed by atoms with Crippen LogP contribution < -0.4 is 0 Å². The van der Waals surface area contributed by atoms with Crippen molar-refractivity contribution in [1.29, 1.82) is 0 Å². The molecule has 38 atom stereocenters. The van der Waals surface area contributed by atoms with Crippen LogP contribution in [0.1, 0.15) is 127 Å². The summed E-state index contributed by atoms with van der Waals surface area (Å²) in [6.07, 6.45) is -47.2. The predicted molar refractivity (Wildman–Crippen MR) is 330 cm³/mol. The maximum absolute atomic E-state index is 16.1. The van der Waals surface area contributed by atoms with E-state index in [1.54, 1.807) is 0 Å². The Labute approximate surface area is 581 Å². The molecular weight excluding hydrogens is 1350 g/mol. The molecule has 0 aromatic rings. The number of ether oxygens (including phenoxy) is 10. The molecule has 4 saturated carbocycles. The SMILES string of the molecule is C[C@H]1OC([C@]2(O)C(CO)O[C@@](O)(OCC3O[C@@](O)(O[C@H]4CC[C@@]5(C)C(CC[C@]6(C)C5CC=C5[C@@H]7CC(C)(C)CC[C@]7(C(=O)OC7([C@]8(O)C(CO)O[C@@](O)(OCC9O[C@H](O)[C@@H](O)C(O)[C@H]9O)[C@@H](O)C8O)O[C@H](C)[C@@H](O)[C@H](O)[C@@H]7O)CC[C@]56C)C4(C)C)[C@@H](O)C(O)[C@H]3O)[C@@H](O)C2O)[C@@H](O)[C@@H](O)[C@@H]1O. The van der Waals surface area contributed by atoms with Gasteiger partial charge in [0.1, 0.15) is 104 Å². The number of carbonyl (C=O) groups is 1. The second-order valence-corrected chi connectivity index (χ2v) is 33.1. The Bertz CT molecular complexity index is 3020. The van der Waals surface area contributed by atoms with Crippen molar-refractivity contribution in [3.05, 3.63) is 11.6 Å². The van der Waals surface area contributed by atoms with Gasteiger partial charge in [0.05, 0.1) is 50.2 Å². The van der Waals surface area contributed by atoms with Gasteiger partial charge in [0.15, 0.2) is 41.9 Å². The van der Waals surface area contributed by atoms with Gasteiger partial charge in [-0.25, -0.2) is 0 Å². The Balaban J connectivity index is 0.831. The molecule has 582 valence electrons. The van der Waals surface area contributed by atoms with Gasteiger partial charge in [0.25, 0.3) is 5.79 Å². The largest absolute Gasteiger partial charge is 0.426 e. The molecule has 35 nitrogen and oxygen atoms in total. The number of fused-ring (bicyclic) bond motifs is 7. The fourth-order valence-corrected chi connectivity index (χ4v) is 20.3. The minimum atomic E-state index is -3.60. The number of allylic oxidation sites excluding steroid dienone is 2. The van der Waals surface area contributed by atoms with Crippen LogP contribution in [0.15, 0.2) is 11.6 Å². The number of aliphatic hydroxyl groups is 24. The summed E-state index contributed by atoms with van der Waals surface area (Å²) >= 11 is 0. The van der Waals surface area contributed by atoms with Crippen LogP contribution in [0.25, 0.3) is 0 Å². The summed E-state index contributed by atoms with van der Waals surface area (Å²) in [5, 5.41) is 270. The van der Waals surface area contributed by atoms with Gasteiger partial charge >= 0.3 is 23.9 Å². The van der Waals surface area contributed by atoms with Gasteiger partial charge in [0, 0.05) is 0 Å². The zero-order valence-corrected chi connectivity index (χ0v) is 57.9. The van der Waals surface area contributed by atoms with E-state index < -0.39 is 258 Å². The van der Waals surface area contributed by atoms with Crippen molar-refractivity contribution < 1.29 is 175 Å². The normalized spacial score (nSPS) is 57.3. The van der Waals surface area contributed by atoms with Gasteiger partial charge in [0.2, 0.25) is 0 Å². The third-order valence-electron chi connectivity index (χ3n) is 26.9. The molecule has 5 aliphatic carbocycles. The van der Waals surface area contributed by atoms with Crippen molar-refractivity contribution in [2.45, 2.75) is 314 Å². The standard InChI is InChI=1S/C66H108O35/c1-25-36(69)40(73)44(77)52(94-25)61(87)34(21-67)99-64(89,50(83)48(61)81)93-24-30-39(72)43(76)47(80)66(91,97-30)98-33-13-14-57(7)31(56(33,5)6)12-15-59(9)32(57)11-10-27-28-20-55(3,4)16-18-60(28,19-17-58(27,59)8)54(86)101-63(46(79)42(75)37(70)26(2)96-63)62(88)35(22-68)100-65(90,51(84)49(62)82)92-23-29-38(71)41(74)45(78)53(85)95-29/h10,25-26,28-53,67-85,87-91H,11-24H2,1-9H3/t25-,26-,28+,29?,30?,31?,32?,33+,34?,35?,36-,37-,38+,39+,40+,41?,42+,43?,44+,45+,46+,47+,48?,49?,50+,51+,52?,53+,57+,58-,59-,60+,61+,62+,63?,64+,65+,66-/m1/s1. The molecule has 11 rings (SSSR count). The lowest BCUT2D eigenvalue weighted by Gasteiger charge is -2.71. The van der Waals surface area contributed by atoms with Crippen LogP contribution in [0.2, 0.25) is 0 Å². The first kappa shape index (κ1) is 79.9. The fraction of sp³-hybridized carbons (Fsp3) is 0.955. The molecular formula is C66H108O35. The minimum absolute atomic E-state index is 0.0791. The maximum Gasteiger partial charge on any atom is 0.315 e. The number of hydrogen-bond acceptors (Lipinski definition) is 35. The monoisotopic (exact) mass is 1460 g/mol. The molecule has 12 unspecified atom stereocenters. The molecule has 101 heavy (non-hydrogen) atoms. The molecule has 35 heteroatoms. The van der Waals surface area contributed by atoms with Gasteiger partial charge < -0.3 is 170 Å². The first-order valence-electron chi connectivity index (χ1n) is 34.9. The second kappa shape index (κ2) is 26.9. The Morgan fingerprint density at radius 1 is 0.515 bits per heavy atom. The molecule has 0 aromatic heterocycles. The van der Waals surface area contributed by atoms with Crippen molar-refractivity contribution in [2.24, 2.45) is 50.2 Å². The first-order valence-corrected chi connectivity index (χ1v) is 34.9. The zero-order valence-electron chi connectivity index (χ0n) is 57.9. The molecule has 6 aliphatic heterocycles. The van der Waals surface area contributed by atoms with E-state index >= 15 is 4.79 Å². The third-order valence-corrected chi connectivity index (χ3v) is 26.9. The highest BCUT2D eigenvalue weighted by Crippen LogP contribution is 2.76. The van der Waals surface area contributed by atoms with Crippen LogP contribution in [0.4, 0.5) is 0 Å². The molecule has 0 bridgehead atoms. The maximum atomic E-state index is 16.1. The quantitative estimate of drug-likeness (QED) is 0.0332. The summed E-state index contributed by atoms with van der Waals surface area (Å²) in [7, 11) is 0. The average Bonchev–Trinajstić information content (AvgIpc) is 0.675. The summed E-state index contributed by atoms with van der Waals surface area (Å²) in [5.74, 6) is -15.5. The van der Waals surface area contributed by atoms with Crippen LogP contribution in [0.5, 0.6) is 0 Å². The number of aliphatic hydroxyl groups excluding tert-OH is 19. The van der Waals surface area contributed by atoms with Crippen LogP contribution in [-0.2, 0) is 52.2 Å². The smallest absolute Gasteiger partial charge is 0.315 e. The summed E-state index contributed by atoms with van der Waals surface area (Å²) in [6, 6.07) is 0. The van der Waals surface area contributed by atoms with Crippen molar-refractivity contribution >= 4 is 5.97 Å². The molecule has 0 amide bonds. The van der Waals surface area contributed by atoms with Gasteiger partial charge in [-0.1, -0.05) is 60.1 Å². The number of carbonyl (C=O) groups excluding carboxylic acids is 1. The van der Waals surface area contributed by atoms with E-state index in [1.165, 1.54) is 13.8 Å². The van der Waals surface area contributed by atoms with Crippen molar-refractivity contribution in [3.63, 3.8) is 0 Å². The molecule has 6 saturated heterocycles. The molecule has 0 spiro atoms. The van der Waals surface area contributed by atoms with Crippen LogP contribution in [0, 0.1) is 50.2 Å². The van der Waals surface area contributed by atoms with Gasteiger partial charge in [-0.15, -0.1) is 0 Å². The predicted octanol–water partition coefficient (Wildman–Crippen LogP) is -8.27. The van der Waals surface area contributed by atoms with E-state index in [2.05, 4.69) is 26.8 Å². The van der Waals surface area contributed by atoms with E-state index in [0.717, 1.165) is 5.57 Å². The zero-order chi connectivity index (χ0) is 75.0. The fourth-order valence-electron chi connectivity index (χ4n) is 20.3. The Hall–Kier alpha value is -2.11. The summed E-state index contributed by atoms with van der Waals surface area (Å²) < 4.78 is 57.3. The molecule has 6 heterocycles. The third kappa shape index (κ3) is 11.8. The molecule has 24 N–H and O–H groups in total. The minimum Gasteiger partial charge on any atom is -0.426 e. The topological polar surface area (TPSA) is 595 Å². The van der Waals surface area contributed by atoms with Crippen LogP contribution in [0.3, 0.4) is 0 Å². The second-order valence-electron chi connectivity index (χ2n) is 33.1. The molecule has 0 radical (unpaired) electrons. The van der Waals surface area contributed by atoms with Crippen molar-refractivity contribution in [3.8, 4) is 0 Å². The van der Waals surface area contributed by atoms with E-state index in [-0.39, 0.29) is 31.1 Å². The van der Waals surface area contributed by atoms with Crippen molar-refractivity contribution in [1.82, 2.24) is 0 Å². The molecule has 11 aliphatic rings. The highest BCUT2D eigenvalue weighted by molar-refractivity contribution is 5.79. The number of esters is 1. The molecule has 10 fully saturated rings. The Kier molecular flexibility index (Phi) is 21.3. The van der Waals surface area contributed by atoms with E-state index in [4.69, 9.17) is 47.4 Å². The number of rotatable bonds is 14. The Morgan fingerprint density at radius 3 is 1.69 bits per heavy atom. The first-order chi connectivity index (χ1) is 46.6. The van der Waals surface area contributed by atoms with E-state index in [0.29, 0.717) is 44.9 Å².